The molecular weight excluding hydrogens is 372 g/mol. The van der Waals surface area contributed by atoms with Gasteiger partial charge in [0.1, 0.15) is 0 Å². The van der Waals surface area contributed by atoms with E-state index in [9.17, 15) is 16.8 Å². The van der Waals surface area contributed by atoms with E-state index in [4.69, 9.17) is 5.26 Å². The Labute approximate surface area is 153 Å². The third-order valence-electron chi connectivity index (χ3n) is 4.03. The Morgan fingerprint density at radius 1 is 1.12 bits per heavy atom. The van der Waals surface area contributed by atoms with Crippen molar-refractivity contribution < 1.29 is 16.8 Å². The molecule has 1 aliphatic rings. The first kappa shape index (κ1) is 18.3. The smallest absolute Gasteiger partial charge is 0.224 e. The molecule has 26 heavy (non-hydrogen) atoms. The zero-order chi connectivity index (χ0) is 18.8. The predicted octanol–water partition coefficient (Wildman–Crippen LogP) is 2.06. The van der Waals surface area contributed by atoms with Gasteiger partial charge in [0.15, 0.2) is 9.84 Å². The van der Waals surface area contributed by atoms with Gasteiger partial charge >= 0.3 is 0 Å². The van der Waals surface area contributed by atoms with E-state index in [-0.39, 0.29) is 22.8 Å². The maximum atomic E-state index is 13.2. The molecule has 1 heterocycles. The van der Waals surface area contributed by atoms with Crippen LogP contribution < -0.4 is 0 Å². The van der Waals surface area contributed by atoms with Crippen molar-refractivity contribution in [2.75, 3.05) is 5.75 Å². The molecule has 3 rings (SSSR count). The molecule has 0 spiro atoms. The second-order valence-electron chi connectivity index (χ2n) is 5.90. The number of nitriles is 1. The number of hydrogen-bond donors (Lipinski definition) is 0. The highest BCUT2D eigenvalue weighted by molar-refractivity contribution is 7.94. The highest BCUT2D eigenvalue weighted by Gasteiger charge is 2.35. The first-order chi connectivity index (χ1) is 12.3. The third-order valence-corrected chi connectivity index (χ3v) is 7.28. The van der Waals surface area contributed by atoms with Gasteiger partial charge in [0, 0.05) is 12.0 Å². The molecule has 0 unspecified atom stereocenters. The van der Waals surface area contributed by atoms with E-state index in [1.54, 1.807) is 24.3 Å². The number of benzene rings is 2. The highest BCUT2D eigenvalue weighted by Crippen LogP contribution is 2.26. The van der Waals surface area contributed by atoms with E-state index >= 15 is 0 Å². The molecule has 0 aromatic heterocycles. The van der Waals surface area contributed by atoms with Crippen LogP contribution in [0.25, 0.3) is 0 Å². The molecule has 1 aliphatic heterocycles. The summed E-state index contributed by atoms with van der Waals surface area (Å²) in [5, 5.41) is 10.1. The van der Waals surface area contributed by atoms with Crippen LogP contribution in [0.5, 0.6) is 0 Å². The van der Waals surface area contributed by atoms with E-state index in [1.807, 2.05) is 12.1 Å². The molecule has 0 bridgehead atoms. The van der Waals surface area contributed by atoms with Crippen molar-refractivity contribution in [3.05, 3.63) is 77.2 Å². The van der Waals surface area contributed by atoms with Gasteiger partial charge in [-0.15, -0.1) is 0 Å². The van der Waals surface area contributed by atoms with Crippen molar-refractivity contribution in [3.63, 3.8) is 0 Å². The van der Waals surface area contributed by atoms with Crippen LogP contribution in [0.15, 0.2) is 71.0 Å². The Kier molecular flexibility index (Phi) is 4.96. The second kappa shape index (κ2) is 7.03. The quantitative estimate of drug-likeness (QED) is 0.781. The molecule has 0 saturated carbocycles. The van der Waals surface area contributed by atoms with Crippen LogP contribution in [0.4, 0.5) is 0 Å². The molecule has 0 amide bonds. The monoisotopic (exact) mass is 388 g/mol. The van der Waals surface area contributed by atoms with Crippen LogP contribution in [0, 0.1) is 11.3 Å². The van der Waals surface area contributed by atoms with Gasteiger partial charge in [-0.25, -0.2) is 16.8 Å². The maximum Gasteiger partial charge on any atom is 0.243 e. The fourth-order valence-electron chi connectivity index (χ4n) is 2.74. The topological polar surface area (TPSA) is 95.3 Å². The Hall–Kier alpha value is -2.47. The molecule has 2 aromatic rings. The SMILES string of the molecule is N#Cc1cccc(S(=O)(=O)N(Cc2ccccc2)[C@H]2C=CS(=O)(=O)C2)c1. The zero-order valence-corrected chi connectivity index (χ0v) is 15.3. The summed E-state index contributed by atoms with van der Waals surface area (Å²) in [7, 11) is -7.43. The van der Waals surface area contributed by atoms with Crippen LogP contribution in [0.3, 0.4) is 0 Å². The fourth-order valence-corrected chi connectivity index (χ4v) is 5.75. The van der Waals surface area contributed by atoms with Crippen molar-refractivity contribution in [2.24, 2.45) is 0 Å². The predicted molar refractivity (Wildman–Crippen MR) is 97.0 cm³/mol. The minimum absolute atomic E-state index is 0.0322. The van der Waals surface area contributed by atoms with E-state index in [0.717, 1.165) is 11.0 Å². The standard InChI is InChI=1S/C18H16N2O4S2/c19-12-16-7-4-8-18(11-16)26(23,24)20(13-15-5-2-1-3-6-15)17-9-10-25(21,22)14-17/h1-11,17H,13-14H2/t17-/m0/s1. The van der Waals surface area contributed by atoms with Gasteiger partial charge in [-0.2, -0.15) is 9.57 Å². The Morgan fingerprint density at radius 3 is 2.46 bits per heavy atom. The molecule has 0 radical (unpaired) electrons. The molecule has 0 fully saturated rings. The van der Waals surface area contributed by atoms with Crippen LogP contribution >= 0.6 is 0 Å². The highest BCUT2D eigenvalue weighted by atomic mass is 32.2. The van der Waals surface area contributed by atoms with Gasteiger partial charge < -0.3 is 0 Å². The first-order valence-corrected chi connectivity index (χ1v) is 10.9. The number of nitrogens with zero attached hydrogens (tertiary/aromatic N) is 2. The van der Waals surface area contributed by atoms with E-state index in [2.05, 4.69) is 0 Å². The van der Waals surface area contributed by atoms with Gasteiger partial charge in [-0.3, -0.25) is 0 Å². The van der Waals surface area contributed by atoms with Crippen molar-refractivity contribution in [1.82, 2.24) is 4.31 Å². The van der Waals surface area contributed by atoms with E-state index in [0.29, 0.717) is 0 Å². The summed E-state index contributed by atoms with van der Waals surface area (Å²) in [6.45, 7) is 0.0322. The van der Waals surface area contributed by atoms with Crippen molar-refractivity contribution in [3.8, 4) is 6.07 Å². The first-order valence-electron chi connectivity index (χ1n) is 7.79. The van der Waals surface area contributed by atoms with Crippen LogP contribution in [0.1, 0.15) is 11.1 Å². The second-order valence-corrected chi connectivity index (χ2v) is 9.72. The number of hydrogen-bond acceptors (Lipinski definition) is 5. The summed E-state index contributed by atoms with van der Waals surface area (Å²) < 4.78 is 51.2. The van der Waals surface area contributed by atoms with Gasteiger partial charge in [-0.1, -0.05) is 42.5 Å². The van der Waals surface area contributed by atoms with Crippen LogP contribution in [-0.4, -0.2) is 32.9 Å². The summed E-state index contributed by atoms with van der Waals surface area (Å²) >= 11 is 0. The molecule has 2 aromatic carbocycles. The minimum Gasteiger partial charge on any atom is -0.224 e. The molecule has 6 nitrogen and oxygen atoms in total. The van der Waals surface area contributed by atoms with Gasteiger partial charge in [-0.05, 0) is 23.8 Å². The van der Waals surface area contributed by atoms with Crippen LogP contribution in [-0.2, 0) is 26.4 Å². The molecule has 1 atom stereocenters. The third kappa shape index (κ3) is 3.85. The molecule has 0 saturated heterocycles. The zero-order valence-electron chi connectivity index (χ0n) is 13.7. The number of sulfonamides is 1. The van der Waals surface area contributed by atoms with Crippen molar-refractivity contribution >= 4 is 19.9 Å². The van der Waals surface area contributed by atoms with E-state index in [1.165, 1.54) is 34.6 Å². The molecule has 134 valence electrons. The molecule has 8 heteroatoms. The maximum absolute atomic E-state index is 13.2. The lowest BCUT2D eigenvalue weighted by Gasteiger charge is -2.27. The summed E-state index contributed by atoms with van der Waals surface area (Å²) in [5.74, 6) is -0.295. The molecular formula is C18H16N2O4S2. The van der Waals surface area contributed by atoms with Crippen molar-refractivity contribution in [2.45, 2.75) is 17.5 Å². The lowest BCUT2D eigenvalue weighted by atomic mass is 10.2. The fraction of sp³-hybridized carbons (Fsp3) is 0.167. The molecule has 0 N–H and O–H groups in total. The van der Waals surface area contributed by atoms with Crippen LogP contribution in [0.2, 0.25) is 0 Å². The summed E-state index contributed by atoms with van der Waals surface area (Å²) in [4.78, 5) is -0.0369. The Morgan fingerprint density at radius 2 is 1.85 bits per heavy atom. The average molecular weight is 388 g/mol. The van der Waals surface area contributed by atoms with E-state index < -0.39 is 25.9 Å². The summed E-state index contributed by atoms with van der Waals surface area (Å²) in [5.41, 5.74) is 0.963. The van der Waals surface area contributed by atoms with Crippen molar-refractivity contribution in [1.29, 1.82) is 5.26 Å². The lowest BCUT2D eigenvalue weighted by Crippen LogP contribution is -2.40. The number of sulfone groups is 1. The Bertz CT molecular complexity index is 1090. The largest absolute Gasteiger partial charge is 0.243 e. The average Bonchev–Trinajstić information content (AvgIpc) is 3.00. The number of rotatable bonds is 5. The normalized spacial score (nSPS) is 18.7. The molecule has 0 aliphatic carbocycles. The minimum atomic E-state index is -4.00. The Balaban J connectivity index is 2.04. The lowest BCUT2D eigenvalue weighted by molar-refractivity contribution is 0.375. The van der Waals surface area contributed by atoms with Gasteiger partial charge in [0.05, 0.1) is 28.3 Å². The summed E-state index contributed by atoms with van der Waals surface area (Å²) in [6.07, 6.45) is 1.39. The van der Waals surface area contributed by atoms with Gasteiger partial charge in [0.25, 0.3) is 0 Å². The van der Waals surface area contributed by atoms with Gasteiger partial charge in [0.2, 0.25) is 10.0 Å². The summed E-state index contributed by atoms with van der Waals surface area (Å²) in [6, 6.07) is 15.8.